The SMILES string of the molecule is Cc1ccc2[nH]ncc2c1-c1cc(-c2ccnc(OC(C)C)n2)nc(C(N)=O)c1N. The van der Waals surface area contributed by atoms with Gasteiger partial charge in [-0.2, -0.15) is 10.1 Å². The van der Waals surface area contributed by atoms with E-state index in [1.807, 2.05) is 32.9 Å². The molecule has 0 unspecified atom stereocenters. The van der Waals surface area contributed by atoms with E-state index in [1.54, 1.807) is 24.5 Å². The molecule has 0 saturated heterocycles. The molecule has 9 nitrogen and oxygen atoms in total. The van der Waals surface area contributed by atoms with Gasteiger partial charge in [0.25, 0.3) is 5.91 Å². The number of hydrogen-bond donors (Lipinski definition) is 3. The van der Waals surface area contributed by atoms with Crippen LogP contribution in [0.4, 0.5) is 5.69 Å². The van der Waals surface area contributed by atoms with Crippen LogP contribution in [0.25, 0.3) is 33.4 Å². The molecule has 0 bridgehead atoms. The summed E-state index contributed by atoms with van der Waals surface area (Å²) in [4.78, 5) is 25.0. The van der Waals surface area contributed by atoms with Gasteiger partial charge in [-0.05, 0) is 50.1 Å². The number of carbonyl (C=O) groups is 1. The number of anilines is 1. The van der Waals surface area contributed by atoms with E-state index in [0.29, 0.717) is 17.0 Å². The van der Waals surface area contributed by atoms with E-state index in [1.165, 1.54) is 0 Å². The summed E-state index contributed by atoms with van der Waals surface area (Å²) in [6.07, 6.45) is 3.21. The van der Waals surface area contributed by atoms with Crippen LogP contribution in [0.5, 0.6) is 6.01 Å². The van der Waals surface area contributed by atoms with Crippen LogP contribution >= 0.6 is 0 Å². The van der Waals surface area contributed by atoms with Gasteiger partial charge in [-0.1, -0.05) is 6.07 Å². The number of carbonyl (C=O) groups excluding carboxylic acids is 1. The number of amides is 1. The molecule has 3 aromatic heterocycles. The third-order valence-corrected chi connectivity index (χ3v) is 4.63. The lowest BCUT2D eigenvalue weighted by Gasteiger charge is -2.15. The van der Waals surface area contributed by atoms with E-state index < -0.39 is 5.91 Å². The molecule has 4 aromatic rings. The van der Waals surface area contributed by atoms with Crippen molar-refractivity contribution in [1.29, 1.82) is 0 Å². The predicted molar refractivity (Wildman–Crippen MR) is 114 cm³/mol. The van der Waals surface area contributed by atoms with Crippen LogP contribution in [0, 0.1) is 6.92 Å². The first-order valence-corrected chi connectivity index (χ1v) is 9.38. The van der Waals surface area contributed by atoms with Crippen LogP contribution in [0.3, 0.4) is 0 Å². The number of aromatic nitrogens is 5. The molecule has 1 amide bonds. The third kappa shape index (κ3) is 3.41. The zero-order valence-corrected chi connectivity index (χ0v) is 16.8. The number of nitrogen functional groups attached to an aromatic ring is 1. The number of primary amides is 1. The van der Waals surface area contributed by atoms with Crippen LogP contribution < -0.4 is 16.2 Å². The zero-order valence-electron chi connectivity index (χ0n) is 16.8. The third-order valence-electron chi connectivity index (χ3n) is 4.63. The Hall–Kier alpha value is -4.01. The molecular formula is C21H21N7O2. The average molecular weight is 403 g/mol. The van der Waals surface area contributed by atoms with Gasteiger partial charge in [0, 0.05) is 17.1 Å². The van der Waals surface area contributed by atoms with E-state index in [0.717, 1.165) is 22.0 Å². The summed E-state index contributed by atoms with van der Waals surface area (Å²) in [5.41, 5.74) is 16.3. The Morgan fingerprint density at radius 1 is 1.17 bits per heavy atom. The average Bonchev–Trinajstić information content (AvgIpc) is 3.17. The van der Waals surface area contributed by atoms with E-state index in [9.17, 15) is 4.79 Å². The first-order valence-electron chi connectivity index (χ1n) is 9.38. The lowest BCUT2D eigenvalue weighted by Crippen LogP contribution is -2.17. The van der Waals surface area contributed by atoms with Gasteiger partial charge in [0.05, 0.1) is 34.9 Å². The molecule has 0 aliphatic heterocycles. The van der Waals surface area contributed by atoms with Crippen molar-refractivity contribution in [2.24, 2.45) is 5.73 Å². The number of hydrogen-bond acceptors (Lipinski definition) is 7. The molecule has 1 aromatic carbocycles. The van der Waals surface area contributed by atoms with Crippen molar-refractivity contribution in [2.45, 2.75) is 26.9 Å². The second-order valence-corrected chi connectivity index (χ2v) is 7.16. The van der Waals surface area contributed by atoms with Gasteiger partial charge in [-0.15, -0.1) is 0 Å². The Labute approximate surface area is 172 Å². The van der Waals surface area contributed by atoms with Gasteiger partial charge in [0.15, 0.2) is 5.69 Å². The maximum Gasteiger partial charge on any atom is 0.317 e. The Kier molecular flexibility index (Phi) is 4.78. The standard InChI is InChI=1S/C21H21N7O2/c1-10(2)30-21-24-7-6-15(27-21)16-8-12(18(22)19(26-16)20(23)29)17-11(3)4-5-14-13(17)9-25-28-14/h4-10H,22H2,1-3H3,(H2,23,29)(H,25,28). The van der Waals surface area contributed by atoms with Crippen LogP contribution in [0.1, 0.15) is 29.9 Å². The highest BCUT2D eigenvalue weighted by Gasteiger charge is 2.20. The van der Waals surface area contributed by atoms with Crippen LogP contribution in [0.2, 0.25) is 0 Å². The summed E-state index contributed by atoms with van der Waals surface area (Å²) in [6, 6.07) is 7.59. The first kappa shape index (κ1) is 19.3. The van der Waals surface area contributed by atoms with Crippen molar-refractivity contribution in [3.05, 3.63) is 47.9 Å². The summed E-state index contributed by atoms with van der Waals surface area (Å²) in [5.74, 6) is -0.722. The number of aryl methyl sites for hydroxylation is 1. The summed E-state index contributed by atoms with van der Waals surface area (Å²) < 4.78 is 5.58. The lowest BCUT2D eigenvalue weighted by atomic mass is 9.94. The molecule has 3 heterocycles. The Balaban J connectivity index is 1.97. The van der Waals surface area contributed by atoms with Crippen molar-refractivity contribution in [1.82, 2.24) is 25.1 Å². The van der Waals surface area contributed by atoms with Crippen molar-refractivity contribution in [2.75, 3.05) is 5.73 Å². The van der Waals surface area contributed by atoms with Gasteiger partial charge < -0.3 is 16.2 Å². The molecule has 5 N–H and O–H groups in total. The second kappa shape index (κ2) is 7.43. The maximum atomic E-state index is 12.1. The molecule has 152 valence electrons. The van der Waals surface area contributed by atoms with Crippen molar-refractivity contribution >= 4 is 22.5 Å². The molecular weight excluding hydrogens is 382 g/mol. The van der Waals surface area contributed by atoms with Crippen molar-refractivity contribution in [3.8, 4) is 28.5 Å². The molecule has 9 heteroatoms. The summed E-state index contributed by atoms with van der Waals surface area (Å²) in [7, 11) is 0. The summed E-state index contributed by atoms with van der Waals surface area (Å²) in [6.45, 7) is 5.73. The molecule has 0 saturated carbocycles. The highest BCUT2D eigenvalue weighted by molar-refractivity contribution is 6.05. The predicted octanol–water partition coefficient (Wildman–Crippen LogP) is 2.86. The van der Waals surface area contributed by atoms with Gasteiger partial charge in [-0.3, -0.25) is 9.89 Å². The fraction of sp³-hybridized carbons (Fsp3) is 0.190. The Morgan fingerprint density at radius 2 is 1.97 bits per heavy atom. The second-order valence-electron chi connectivity index (χ2n) is 7.16. The minimum atomic E-state index is -0.722. The number of rotatable bonds is 5. The van der Waals surface area contributed by atoms with E-state index >= 15 is 0 Å². The topological polar surface area (TPSA) is 146 Å². The van der Waals surface area contributed by atoms with Crippen LogP contribution in [-0.2, 0) is 0 Å². The highest BCUT2D eigenvalue weighted by atomic mass is 16.5. The fourth-order valence-corrected chi connectivity index (χ4v) is 3.32. The van der Waals surface area contributed by atoms with Gasteiger partial charge in [-0.25, -0.2) is 9.97 Å². The normalized spacial score (nSPS) is 11.2. The number of fused-ring (bicyclic) bond motifs is 1. The first-order chi connectivity index (χ1) is 14.3. The number of ether oxygens (including phenoxy) is 1. The molecule has 0 radical (unpaired) electrons. The number of nitrogens with two attached hydrogens (primary N) is 2. The van der Waals surface area contributed by atoms with Crippen LogP contribution in [0.15, 0.2) is 36.7 Å². The smallest absolute Gasteiger partial charge is 0.317 e. The quantitative estimate of drug-likeness (QED) is 0.464. The number of benzene rings is 1. The summed E-state index contributed by atoms with van der Waals surface area (Å²) in [5, 5.41) is 7.95. The molecule has 30 heavy (non-hydrogen) atoms. The van der Waals surface area contributed by atoms with Gasteiger partial charge in [0.2, 0.25) is 0 Å². The monoisotopic (exact) mass is 403 g/mol. The number of H-pyrrole nitrogens is 1. The minimum Gasteiger partial charge on any atom is -0.461 e. The molecule has 4 rings (SSSR count). The van der Waals surface area contributed by atoms with Crippen LogP contribution in [-0.4, -0.2) is 37.2 Å². The van der Waals surface area contributed by atoms with Gasteiger partial charge >= 0.3 is 6.01 Å². The molecule has 0 aliphatic rings. The van der Waals surface area contributed by atoms with Crippen molar-refractivity contribution in [3.63, 3.8) is 0 Å². The van der Waals surface area contributed by atoms with Gasteiger partial charge in [0.1, 0.15) is 0 Å². The maximum absolute atomic E-state index is 12.1. The lowest BCUT2D eigenvalue weighted by molar-refractivity contribution is 0.0996. The van der Waals surface area contributed by atoms with E-state index in [4.69, 9.17) is 16.2 Å². The molecule has 0 atom stereocenters. The number of aromatic amines is 1. The minimum absolute atomic E-state index is 0.0210. The Morgan fingerprint density at radius 3 is 2.70 bits per heavy atom. The van der Waals surface area contributed by atoms with Crippen molar-refractivity contribution < 1.29 is 9.53 Å². The molecule has 0 fully saturated rings. The molecule has 0 aliphatic carbocycles. The molecule has 0 spiro atoms. The number of nitrogens with zero attached hydrogens (tertiary/aromatic N) is 4. The Bertz CT molecular complexity index is 1260. The van der Waals surface area contributed by atoms with E-state index in [2.05, 4.69) is 25.1 Å². The number of pyridine rings is 1. The zero-order chi connectivity index (χ0) is 21.4. The largest absolute Gasteiger partial charge is 0.461 e. The number of nitrogens with one attached hydrogen (secondary N) is 1. The fourth-order valence-electron chi connectivity index (χ4n) is 3.32. The summed E-state index contributed by atoms with van der Waals surface area (Å²) >= 11 is 0. The highest BCUT2D eigenvalue weighted by Crippen LogP contribution is 2.37. The van der Waals surface area contributed by atoms with E-state index in [-0.39, 0.29) is 23.5 Å².